The van der Waals surface area contributed by atoms with E-state index in [9.17, 15) is 18.0 Å². The normalized spacial score (nSPS) is 11.4. The number of nitrogens with one attached hydrogen (secondary N) is 2. The van der Waals surface area contributed by atoms with Crippen LogP contribution >= 0.6 is 0 Å². The van der Waals surface area contributed by atoms with E-state index in [0.29, 0.717) is 11.0 Å². The van der Waals surface area contributed by atoms with E-state index in [0.717, 1.165) is 6.20 Å². The molecule has 0 spiro atoms. The Morgan fingerprint density at radius 2 is 1.72 bits per heavy atom. The van der Waals surface area contributed by atoms with Gasteiger partial charge in [0.25, 0.3) is 21.5 Å². The molecule has 0 radical (unpaired) electrons. The number of aromatic nitrogens is 2. The van der Waals surface area contributed by atoms with E-state index in [1.807, 2.05) is 4.83 Å². The molecule has 25 heavy (non-hydrogen) atoms. The van der Waals surface area contributed by atoms with Gasteiger partial charge in [0.15, 0.2) is 0 Å². The highest BCUT2D eigenvalue weighted by atomic mass is 32.2. The maximum absolute atomic E-state index is 12.1. The Kier molecular flexibility index (Phi) is 4.59. The smallest absolute Gasteiger partial charge is 0.269 e. The maximum Gasteiger partial charge on any atom is 0.269 e. The van der Waals surface area contributed by atoms with Crippen molar-refractivity contribution in [1.82, 2.24) is 19.8 Å². The van der Waals surface area contributed by atoms with Crippen LogP contribution in [0.2, 0.25) is 0 Å². The number of fused-ring (bicyclic) bond motifs is 1. The molecule has 0 fully saturated rings. The van der Waals surface area contributed by atoms with Gasteiger partial charge in [0.2, 0.25) is 0 Å². The molecule has 1 aromatic heterocycles. The Labute approximate surface area is 143 Å². The van der Waals surface area contributed by atoms with Crippen LogP contribution in [0.15, 0.2) is 70.5 Å². The third-order valence-corrected chi connectivity index (χ3v) is 4.70. The summed E-state index contributed by atoms with van der Waals surface area (Å²) >= 11 is 0. The molecule has 128 valence electrons. The summed E-state index contributed by atoms with van der Waals surface area (Å²) in [4.78, 5) is 30.1. The number of hydrazine groups is 1. The number of nitrogens with zero attached hydrogens (tertiary/aromatic N) is 2. The zero-order valence-electron chi connectivity index (χ0n) is 12.9. The summed E-state index contributed by atoms with van der Waals surface area (Å²) in [5, 5.41) is 0. The molecule has 0 saturated heterocycles. The Morgan fingerprint density at radius 1 is 1.04 bits per heavy atom. The molecule has 0 aliphatic carbocycles. The first kappa shape index (κ1) is 16.8. The molecule has 0 bridgehead atoms. The topological polar surface area (TPSA) is 110 Å². The highest BCUT2D eigenvalue weighted by Gasteiger charge is 2.15. The molecule has 3 rings (SSSR count). The fourth-order valence-electron chi connectivity index (χ4n) is 2.24. The van der Waals surface area contributed by atoms with Crippen molar-refractivity contribution < 1.29 is 13.2 Å². The van der Waals surface area contributed by atoms with Gasteiger partial charge < -0.3 is 0 Å². The van der Waals surface area contributed by atoms with E-state index in [2.05, 4.69) is 10.4 Å². The molecule has 0 unspecified atom stereocenters. The lowest BCUT2D eigenvalue weighted by Crippen LogP contribution is -2.44. The molecule has 2 N–H and O–H groups in total. The fourth-order valence-corrected chi connectivity index (χ4v) is 3.13. The molecule has 1 heterocycles. The minimum absolute atomic E-state index is 0.0156. The van der Waals surface area contributed by atoms with Crippen LogP contribution in [0.25, 0.3) is 11.0 Å². The highest BCUT2D eigenvalue weighted by molar-refractivity contribution is 7.89. The largest absolute Gasteiger partial charge is 0.296 e. The van der Waals surface area contributed by atoms with E-state index in [-0.39, 0.29) is 11.4 Å². The number of benzene rings is 2. The summed E-state index contributed by atoms with van der Waals surface area (Å²) in [6.07, 6.45) is 1.11. The molecular weight excluding hydrogens is 344 g/mol. The molecule has 0 aliphatic heterocycles. The average Bonchev–Trinajstić information content (AvgIpc) is 2.63. The van der Waals surface area contributed by atoms with Crippen molar-refractivity contribution in [2.75, 3.05) is 0 Å². The predicted molar refractivity (Wildman–Crippen MR) is 90.9 cm³/mol. The quantitative estimate of drug-likeness (QED) is 0.642. The van der Waals surface area contributed by atoms with Gasteiger partial charge in [-0.25, -0.2) is 13.4 Å². The molecule has 8 nitrogen and oxygen atoms in total. The number of hydrogen-bond donors (Lipinski definition) is 2. The van der Waals surface area contributed by atoms with Crippen molar-refractivity contribution >= 4 is 27.0 Å². The number of carbonyl (C=O) groups excluding carboxylic acids is 1. The van der Waals surface area contributed by atoms with Crippen LogP contribution < -0.4 is 15.8 Å². The van der Waals surface area contributed by atoms with Crippen LogP contribution in [0.5, 0.6) is 0 Å². The van der Waals surface area contributed by atoms with Gasteiger partial charge >= 0.3 is 0 Å². The van der Waals surface area contributed by atoms with Gasteiger partial charge in [-0.2, -0.15) is 0 Å². The summed E-state index contributed by atoms with van der Waals surface area (Å²) < 4.78 is 25.3. The van der Waals surface area contributed by atoms with Crippen molar-refractivity contribution in [2.24, 2.45) is 0 Å². The predicted octanol–water partition coefficient (Wildman–Crippen LogP) is 0.406. The van der Waals surface area contributed by atoms with Gasteiger partial charge in [0.05, 0.1) is 22.1 Å². The third kappa shape index (κ3) is 3.73. The van der Waals surface area contributed by atoms with Crippen LogP contribution in [0.1, 0.15) is 0 Å². The summed E-state index contributed by atoms with van der Waals surface area (Å²) in [5.74, 6) is -0.682. The summed E-state index contributed by atoms with van der Waals surface area (Å²) in [5.41, 5.74) is 2.68. The summed E-state index contributed by atoms with van der Waals surface area (Å²) in [7, 11) is -3.88. The zero-order chi connectivity index (χ0) is 17.9. The Bertz CT molecular complexity index is 1080. The van der Waals surface area contributed by atoms with Gasteiger partial charge in [0, 0.05) is 0 Å². The number of amides is 1. The molecule has 0 atom stereocenters. The number of sulfonamides is 1. The summed E-state index contributed by atoms with van der Waals surface area (Å²) in [6.45, 7) is -0.348. The first-order chi connectivity index (χ1) is 12.0. The van der Waals surface area contributed by atoms with Crippen molar-refractivity contribution in [3.8, 4) is 0 Å². The number of hydrogen-bond acceptors (Lipinski definition) is 5. The van der Waals surface area contributed by atoms with Crippen molar-refractivity contribution in [3.63, 3.8) is 0 Å². The minimum atomic E-state index is -3.88. The fraction of sp³-hybridized carbons (Fsp3) is 0.0625. The minimum Gasteiger partial charge on any atom is -0.296 e. The van der Waals surface area contributed by atoms with Crippen molar-refractivity contribution in [2.45, 2.75) is 11.4 Å². The van der Waals surface area contributed by atoms with Gasteiger partial charge in [-0.15, -0.1) is 4.83 Å². The Hall–Kier alpha value is -3.04. The lowest BCUT2D eigenvalue weighted by Gasteiger charge is -2.11. The molecular formula is C16H14N4O4S. The Morgan fingerprint density at radius 3 is 2.48 bits per heavy atom. The second-order valence-corrected chi connectivity index (χ2v) is 6.82. The summed E-state index contributed by atoms with van der Waals surface area (Å²) in [6, 6.07) is 14.5. The van der Waals surface area contributed by atoms with Crippen LogP contribution in [-0.2, 0) is 21.4 Å². The highest BCUT2D eigenvalue weighted by Crippen LogP contribution is 2.08. The van der Waals surface area contributed by atoms with E-state index in [4.69, 9.17) is 0 Å². The maximum atomic E-state index is 12.1. The standard InChI is InChI=1S/C16H14N4O4S/c21-15(18-19-25(23,24)12-6-2-1-3-7-12)11-20-14-9-5-4-8-13(14)17-10-16(20)22/h1-10,19H,11H2,(H,18,21). The number of carbonyl (C=O) groups is 1. The third-order valence-electron chi connectivity index (χ3n) is 3.43. The van der Waals surface area contributed by atoms with Crippen LogP contribution in [0.3, 0.4) is 0 Å². The zero-order valence-corrected chi connectivity index (χ0v) is 13.7. The molecule has 3 aromatic rings. The van der Waals surface area contributed by atoms with Gasteiger partial charge in [-0.05, 0) is 24.3 Å². The van der Waals surface area contributed by atoms with Crippen LogP contribution in [0.4, 0.5) is 0 Å². The lowest BCUT2D eigenvalue weighted by atomic mass is 10.3. The van der Waals surface area contributed by atoms with Crippen LogP contribution in [0, 0.1) is 0 Å². The van der Waals surface area contributed by atoms with E-state index in [1.54, 1.807) is 42.5 Å². The monoisotopic (exact) mass is 358 g/mol. The van der Waals surface area contributed by atoms with Crippen LogP contribution in [-0.4, -0.2) is 23.9 Å². The first-order valence-electron chi connectivity index (χ1n) is 7.28. The van der Waals surface area contributed by atoms with Gasteiger partial charge in [0.1, 0.15) is 6.54 Å². The number of para-hydroxylation sites is 2. The molecule has 2 aromatic carbocycles. The molecule has 1 amide bonds. The van der Waals surface area contributed by atoms with Gasteiger partial charge in [-0.1, -0.05) is 30.3 Å². The number of rotatable bonds is 5. The van der Waals surface area contributed by atoms with E-state index >= 15 is 0 Å². The molecule has 9 heteroatoms. The molecule has 0 saturated carbocycles. The second-order valence-electron chi connectivity index (χ2n) is 5.14. The molecule has 0 aliphatic rings. The second kappa shape index (κ2) is 6.83. The van der Waals surface area contributed by atoms with Crippen molar-refractivity contribution in [1.29, 1.82) is 0 Å². The van der Waals surface area contributed by atoms with Gasteiger partial charge in [-0.3, -0.25) is 19.6 Å². The average molecular weight is 358 g/mol. The van der Waals surface area contributed by atoms with E-state index in [1.165, 1.54) is 16.7 Å². The lowest BCUT2D eigenvalue weighted by molar-refractivity contribution is -0.122. The van der Waals surface area contributed by atoms with E-state index < -0.39 is 21.5 Å². The van der Waals surface area contributed by atoms with Crippen molar-refractivity contribution in [3.05, 3.63) is 71.1 Å². The Balaban J connectivity index is 1.76. The first-order valence-corrected chi connectivity index (χ1v) is 8.76. The SMILES string of the molecule is O=C(Cn1c(=O)cnc2ccccc21)NNS(=O)(=O)c1ccccc1.